The summed E-state index contributed by atoms with van der Waals surface area (Å²) in [6, 6.07) is 0. The smallest absolute Gasteiger partial charge is 0.306 e. The highest BCUT2D eigenvalue weighted by atomic mass is 16.5. The Morgan fingerprint density at radius 1 is 0.439 bits per heavy atom. The van der Waals surface area contributed by atoms with E-state index in [0.29, 0.717) is 12.8 Å². The second kappa shape index (κ2) is 33.4. The molecule has 1 unspecified atom stereocenters. The van der Waals surface area contributed by atoms with Gasteiger partial charge in [0.25, 0.3) is 0 Å². The first-order chi connectivity index (χ1) is 20.1. The summed E-state index contributed by atoms with van der Waals surface area (Å²) >= 11 is 0. The van der Waals surface area contributed by atoms with E-state index in [9.17, 15) is 9.59 Å². The third-order valence-electron chi connectivity index (χ3n) is 8.58. The van der Waals surface area contributed by atoms with Gasteiger partial charge in [0.2, 0.25) is 0 Å². The van der Waals surface area contributed by atoms with E-state index in [4.69, 9.17) is 9.84 Å². The summed E-state index contributed by atoms with van der Waals surface area (Å²) in [7, 11) is 0. The second-order valence-corrected chi connectivity index (χ2v) is 12.8. The van der Waals surface area contributed by atoms with E-state index >= 15 is 0 Å². The van der Waals surface area contributed by atoms with E-state index in [2.05, 4.69) is 13.8 Å². The first-order valence-electron chi connectivity index (χ1n) is 18.5. The molecule has 0 fully saturated rings. The SMILES string of the molecule is CCCCCCCCCCCCCCCCCCCC(=O)OC(CCCCCC)CCCCCCCCCC(=O)O. The summed E-state index contributed by atoms with van der Waals surface area (Å²) in [5.74, 6) is -0.667. The number of carboxylic acids is 1. The Kier molecular flexibility index (Phi) is 32.6. The predicted octanol–water partition coefficient (Wildman–Crippen LogP) is 12.5. The lowest BCUT2D eigenvalue weighted by Gasteiger charge is -2.18. The fourth-order valence-corrected chi connectivity index (χ4v) is 5.83. The van der Waals surface area contributed by atoms with Crippen LogP contribution in [0.2, 0.25) is 0 Å². The Balaban J connectivity index is 3.72. The van der Waals surface area contributed by atoms with Crippen molar-refractivity contribution in [3.63, 3.8) is 0 Å². The van der Waals surface area contributed by atoms with Crippen LogP contribution in [-0.4, -0.2) is 23.1 Å². The van der Waals surface area contributed by atoms with Crippen LogP contribution in [0.4, 0.5) is 0 Å². The number of unbranched alkanes of at least 4 members (excludes halogenated alkanes) is 25. The molecule has 0 aliphatic carbocycles. The summed E-state index contributed by atoms with van der Waals surface area (Å²) < 4.78 is 5.95. The van der Waals surface area contributed by atoms with Gasteiger partial charge in [-0.05, 0) is 38.5 Å². The van der Waals surface area contributed by atoms with E-state index < -0.39 is 5.97 Å². The molecule has 0 spiro atoms. The molecule has 0 aromatic rings. The minimum Gasteiger partial charge on any atom is -0.481 e. The zero-order valence-corrected chi connectivity index (χ0v) is 27.9. The van der Waals surface area contributed by atoms with E-state index in [1.165, 1.54) is 135 Å². The predicted molar refractivity (Wildman–Crippen MR) is 177 cm³/mol. The van der Waals surface area contributed by atoms with Crippen LogP contribution in [-0.2, 0) is 14.3 Å². The minimum atomic E-state index is -0.686. The number of carboxylic acid groups (broad SMARTS) is 1. The fraction of sp³-hybridized carbons (Fsp3) is 0.946. The number of esters is 1. The molecular formula is C37H72O4. The molecule has 0 rings (SSSR count). The van der Waals surface area contributed by atoms with Crippen molar-refractivity contribution in [2.45, 2.75) is 225 Å². The van der Waals surface area contributed by atoms with Crippen LogP contribution >= 0.6 is 0 Å². The lowest BCUT2D eigenvalue weighted by Crippen LogP contribution is -2.18. The molecular weight excluding hydrogens is 508 g/mol. The molecule has 0 saturated heterocycles. The Hall–Kier alpha value is -1.06. The van der Waals surface area contributed by atoms with Crippen LogP contribution in [0, 0.1) is 0 Å². The van der Waals surface area contributed by atoms with Gasteiger partial charge in [-0.15, -0.1) is 0 Å². The summed E-state index contributed by atoms with van der Waals surface area (Å²) in [4.78, 5) is 23.1. The molecule has 4 nitrogen and oxygen atoms in total. The lowest BCUT2D eigenvalue weighted by atomic mass is 10.0. The van der Waals surface area contributed by atoms with Gasteiger partial charge in [0.15, 0.2) is 0 Å². The summed E-state index contributed by atoms with van der Waals surface area (Å²) in [5.41, 5.74) is 0. The monoisotopic (exact) mass is 581 g/mol. The summed E-state index contributed by atoms with van der Waals surface area (Å²) in [6.07, 6.45) is 38.5. The fourth-order valence-electron chi connectivity index (χ4n) is 5.83. The molecule has 0 aromatic carbocycles. The highest BCUT2D eigenvalue weighted by Crippen LogP contribution is 2.19. The third-order valence-corrected chi connectivity index (χ3v) is 8.58. The average Bonchev–Trinajstić information content (AvgIpc) is 2.95. The largest absolute Gasteiger partial charge is 0.481 e. The average molecular weight is 581 g/mol. The van der Waals surface area contributed by atoms with Gasteiger partial charge in [0.05, 0.1) is 0 Å². The number of ether oxygens (including phenoxy) is 1. The van der Waals surface area contributed by atoms with Crippen LogP contribution in [0.25, 0.3) is 0 Å². The van der Waals surface area contributed by atoms with Crippen LogP contribution < -0.4 is 0 Å². The van der Waals surface area contributed by atoms with Gasteiger partial charge >= 0.3 is 11.9 Å². The van der Waals surface area contributed by atoms with Crippen molar-refractivity contribution < 1.29 is 19.4 Å². The number of hydrogen-bond acceptors (Lipinski definition) is 3. The number of aliphatic carboxylic acids is 1. The zero-order chi connectivity index (χ0) is 30.1. The van der Waals surface area contributed by atoms with Crippen molar-refractivity contribution in [1.29, 1.82) is 0 Å². The van der Waals surface area contributed by atoms with Crippen molar-refractivity contribution in [3.8, 4) is 0 Å². The molecule has 0 amide bonds. The van der Waals surface area contributed by atoms with Crippen LogP contribution in [0.5, 0.6) is 0 Å². The van der Waals surface area contributed by atoms with E-state index in [0.717, 1.165) is 57.8 Å². The third kappa shape index (κ3) is 33.3. The summed E-state index contributed by atoms with van der Waals surface area (Å²) in [6.45, 7) is 4.52. The van der Waals surface area contributed by atoms with Gasteiger partial charge in [0.1, 0.15) is 6.10 Å². The van der Waals surface area contributed by atoms with E-state index in [1.807, 2.05) is 0 Å². The van der Waals surface area contributed by atoms with Gasteiger partial charge in [-0.3, -0.25) is 9.59 Å². The Labute approximate surface area is 256 Å². The summed E-state index contributed by atoms with van der Waals surface area (Å²) in [5, 5.41) is 8.71. The molecule has 4 heteroatoms. The van der Waals surface area contributed by atoms with Gasteiger partial charge in [-0.1, -0.05) is 168 Å². The van der Waals surface area contributed by atoms with Crippen molar-refractivity contribution in [2.75, 3.05) is 0 Å². The van der Waals surface area contributed by atoms with Gasteiger partial charge < -0.3 is 9.84 Å². The molecule has 0 heterocycles. The van der Waals surface area contributed by atoms with Crippen molar-refractivity contribution in [1.82, 2.24) is 0 Å². The zero-order valence-electron chi connectivity index (χ0n) is 27.9. The normalized spacial score (nSPS) is 12.0. The van der Waals surface area contributed by atoms with Gasteiger partial charge in [0, 0.05) is 12.8 Å². The molecule has 0 aromatic heterocycles. The number of hydrogen-bond donors (Lipinski definition) is 1. The maximum absolute atomic E-state index is 12.5. The molecule has 1 atom stereocenters. The molecule has 0 radical (unpaired) electrons. The van der Waals surface area contributed by atoms with Crippen LogP contribution in [0.15, 0.2) is 0 Å². The van der Waals surface area contributed by atoms with E-state index in [-0.39, 0.29) is 12.1 Å². The first kappa shape index (κ1) is 39.9. The molecule has 41 heavy (non-hydrogen) atoms. The van der Waals surface area contributed by atoms with Crippen molar-refractivity contribution in [3.05, 3.63) is 0 Å². The maximum atomic E-state index is 12.5. The first-order valence-corrected chi connectivity index (χ1v) is 18.5. The molecule has 0 saturated carbocycles. The topological polar surface area (TPSA) is 63.6 Å². The second-order valence-electron chi connectivity index (χ2n) is 12.8. The van der Waals surface area contributed by atoms with Crippen LogP contribution in [0.3, 0.4) is 0 Å². The van der Waals surface area contributed by atoms with Gasteiger partial charge in [-0.25, -0.2) is 0 Å². The highest BCUT2D eigenvalue weighted by molar-refractivity contribution is 5.69. The highest BCUT2D eigenvalue weighted by Gasteiger charge is 2.14. The van der Waals surface area contributed by atoms with Crippen molar-refractivity contribution in [2.24, 2.45) is 0 Å². The molecule has 0 aliphatic heterocycles. The minimum absolute atomic E-state index is 0.0184. The van der Waals surface area contributed by atoms with Gasteiger partial charge in [-0.2, -0.15) is 0 Å². The Bertz CT molecular complexity index is 547. The van der Waals surface area contributed by atoms with E-state index in [1.54, 1.807) is 0 Å². The molecule has 0 bridgehead atoms. The molecule has 244 valence electrons. The molecule has 0 aliphatic rings. The standard InChI is InChI=1S/C37H72O4/c1-3-5-7-9-10-11-12-13-14-15-16-17-18-19-23-26-30-34-37(40)41-35(31-27-8-6-4-2)32-28-24-21-20-22-25-29-33-36(38)39/h35H,3-34H2,1-2H3,(H,38,39). The Morgan fingerprint density at radius 2 is 0.732 bits per heavy atom. The van der Waals surface area contributed by atoms with Crippen molar-refractivity contribution >= 4 is 11.9 Å². The molecule has 1 N–H and O–H groups in total. The van der Waals surface area contributed by atoms with Crippen LogP contribution in [0.1, 0.15) is 219 Å². The number of carbonyl (C=O) groups excluding carboxylic acids is 1. The number of rotatable bonds is 34. The number of carbonyl (C=O) groups is 2. The maximum Gasteiger partial charge on any atom is 0.306 e. The quantitative estimate of drug-likeness (QED) is 0.0607. The Morgan fingerprint density at radius 3 is 1.10 bits per heavy atom. The lowest BCUT2D eigenvalue weighted by molar-refractivity contribution is -0.150.